The Morgan fingerprint density at radius 2 is 1.77 bits per heavy atom. The lowest BCUT2D eigenvalue weighted by molar-refractivity contribution is -0.142. The van der Waals surface area contributed by atoms with Crippen LogP contribution in [0.15, 0.2) is 48.5 Å². The van der Waals surface area contributed by atoms with Gasteiger partial charge in [0.1, 0.15) is 0 Å². The van der Waals surface area contributed by atoms with Crippen molar-refractivity contribution in [1.29, 1.82) is 0 Å². The van der Waals surface area contributed by atoms with Crippen molar-refractivity contribution in [1.82, 2.24) is 0 Å². The van der Waals surface area contributed by atoms with Gasteiger partial charge in [0.25, 0.3) is 0 Å². The minimum Gasteiger partial charge on any atom is -0.466 e. The van der Waals surface area contributed by atoms with Gasteiger partial charge in [-0.05, 0) is 36.8 Å². The number of amides is 1. The Labute approximate surface area is 149 Å². The molecule has 0 bridgehead atoms. The molecule has 4 nitrogen and oxygen atoms in total. The van der Waals surface area contributed by atoms with Crippen LogP contribution in [0, 0.1) is 0 Å². The minimum atomic E-state index is -4.52. The summed E-state index contributed by atoms with van der Waals surface area (Å²) in [7, 11) is 0. The molecule has 0 atom stereocenters. The van der Waals surface area contributed by atoms with Crippen molar-refractivity contribution in [2.75, 3.05) is 11.5 Å². The van der Waals surface area contributed by atoms with E-state index in [1.165, 1.54) is 19.1 Å². The first-order valence-electron chi connectivity index (χ1n) is 7.95. The molecule has 2 aromatic rings. The van der Waals surface area contributed by atoms with Gasteiger partial charge in [0.15, 0.2) is 0 Å². The van der Waals surface area contributed by atoms with Crippen LogP contribution in [0.4, 0.5) is 24.5 Å². The third kappa shape index (κ3) is 4.62. The third-order valence-electron chi connectivity index (χ3n) is 3.62. The molecule has 0 saturated carbocycles. The Morgan fingerprint density at radius 3 is 2.38 bits per heavy atom. The van der Waals surface area contributed by atoms with Gasteiger partial charge < -0.3 is 4.74 Å². The molecule has 0 heterocycles. The monoisotopic (exact) mass is 365 g/mol. The maximum Gasteiger partial charge on any atom is 0.416 e. The van der Waals surface area contributed by atoms with Crippen LogP contribution in [0.25, 0.3) is 0 Å². The summed E-state index contributed by atoms with van der Waals surface area (Å²) in [6.45, 7) is 3.14. The van der Waals surface area contributed by atoms with Crippen LogP contribution < -0.4 is 4.90 Å². The molecule has 0 radical (unpaired) electrons. The maximum atomic E-state index is 13.0. The van der Waals surface area contributed by atoms with E-state index in [1.54, 1.807) is 31.2 Å². The molecule has 0 aliphatic heterocycles. The van der Waals surface area contributed by atoms with Gasteiger partial charge in [-0.2, -0.15) is 13.2 Å². The standard InChI is InChI=1S/C19H18F3NO3/c1-3-26-18(25)11-14-7-4-5-10-17(14)23(13(2)24)16-9-6-8-15(12-16)19(20,21)22/h4-10,12H,3,11H2,1-2H3. The average molecular weight is 365 g/mol. The summed E-state index contributed by atoms with van der Waals surface area (Å²) in [6.07, 6.45) is -4.62. The molecule has 0 unspecified atom stereocenters. The molecule has 138 valence electrons. The van der Waals surface area contributed by atoms with Gasteiger partial charge in [-0.25, -0.2) is 0 Å². The molecule has 26 heavy (non-hydrogen) atoms. The predicted molar refractivity (Wildman–Crippen MR) is 91.0 cm³/mol. The highest BCUT2D eigenvalue weighted by atomic mass is 19.4. The number of rotatable bonds is 5. The van der Waals surface area contributed by atoms with Crippen LogP contribution >= 0.6 is 0 Å². The summed E-state index contributed by atoms with van der Waals surface area (Å²) in [4.78, 5) is 25.2. The number of carbonyl (C=O) groups excluding carboxylic acids is 2. The lowest BCUT2D eigenvalue weighted by Gasteiger charge is -2.24. The lowest BCUT2D eigenvalue weighted by atomic mass is 10.1. The van der Waals surface area contributed by atoms with Gasteiger partial charge in [0, 0.05) is 12.6 Å². The number of anilines is 2. The normalized spacial score (nSPS) is 11.1. The van der Waals surface area contributed by atoms with Crippen LogP contribution in [0.5, 0.6) is 0 Å². The van der Waals surface area contributed by atoms with Gasteiger partial charge >= 0.3 is 12.1 Å². The number of carbonyl (C=O) groups is 2. The molecule has 2 aromatic carbocycles. The molecule has 0 aliphatic rings. The van der Waals surface area contributed by atoms with E-state index in [0.29, 0.717) is 11.3 Å². The number of para-hydroxylation sites is 1. The molecule has 7 heteroatoms. The summed E-state index contributed by atoms with van der Waals surface area (Å²) < 4.78 is 43.9. The molecule has 0 aromatic heterocycles. The van der Waals surface area contributed by atoms with Crippen molar-refractivity contribution in [2.24, 2.45) is 0 Å². The average Bonchev–Trinajstić information content (AvgIpc) is 2.56. The van der Waals surface area contributed by atoms with E-state index < -0.39 is 23.6 Å². The highest BCUT2D eigenvalue weighted by Gasteiger charge is 2.31. The van der Waals surface area contributed by atoms with E-state index in [4.69, 9.17) is 4.74 Å². The fourth-order valence-corrected chi connectivity index (χ4v) is 2.56. The topological polar surface area (TPSA) is 46.6 Å². The second-order valence-corrected chi connectivity index (χ2v) is 5.51. The van der Waals surface area contributed by atoms with Crippen molar-refractivity contribution in [2.45, 2.75) is 26.4 Å². The second-order valence-electron chi connectivity index (χ2n) is 5.51. The van der Waals surface area contributed by atoms with Crippen LogP contribution in [-0.4, -0.2) is 18.5 Å². The molecule has 0 aliphatic carbocycles. The lowest BCUT2D eigenvalue weighted by Crippen LogP contribution is -2.25. The smallest absolute Gasteiger partial charge is 0.416 e. The fourth-order valence-electron chi connectivity index (χ4n) is 2.56. The maximum absolute atomic E-state index is 13.0. The van der Waals surface area contributed by atoms with Crippen molar-refractivity contribution in [3.05, 3.63) is 59.7 Å². The molecule has 0 fully saturated rings. The first kappa shape index (κ1) is 19.5. The van der Waals surface area contributed by atoms with Gasteiger partial charge in [0.2, 0.25) is 5.91 Å². The van der Waals surface area contributed by atoms with Crippen molar-refractivity contribution < 1.29 is 27.5 Å². The zero-order valence-electron chi connectivity index (χ0n) is 14.3. The Bertz CT molecular complexity index is 803. The van der Waals surface area contributed by atoms with E-state index in [0.717, 1.165) is 17.0 Å². The van der Waals surface area contributed by atoms with Crippen LogP contribution in [0.2, 0.25) is 0 Å². The Balaban J connectivity index is 2.49. The zero-order valence-corrected chi connectivity index (χ0v) is 14.3. The van der Waals surface area contributed by atoms with E-state index >= 15 is 0 Å². The number of nitrogens with zero attached hydrogens (tertiary/aromatic N) is 1. The molecule has 0 spiro atoms. The summed E-state index contributed by atoms with van der Waals surface area (Å²) >= 11 is 0. The first-order valence-corrected chi connectivity index (χ1v) is 7.95. The van der Waals surface area contributed by atoms with Crippen LogP contribution in [-0.2, 0) is 26.9 Å². The van der Waals surface area contributed by atoms with Gasteiger partial charge in [-0.1, -0.05) is 24.3 Å². The number of halogens is 3. The van der Waals surface area contributed by atoms with Crippen molar-refractivity contribution >= 4 is 23.3 Å². The summed E-state index contributed by atoms with van der Waals surface area (Å²) in [5, 5.41) is 0. The predicted octanol–water partition coefficient (Wildman–Crippen LogP) is 4.50. The molecule has 0 saturated heterocycles. The SMILES string of the molecule is CCOC(=O)Cc1ccccc1N(C(C)=O)c1cccc(C(F)(F)F)c1. The zero-order chi connectivity index (χ0) is 19.3. The fraction of sp³-hybridized carbons (Fsp3) is 0.263. The minimum absolute atomic E-state index is 0.0728. The van der Waals surface area contributed by atoms with Gasteiger partial charge in [-0.3, -0.25) is 14.5 Å². The number of hydrogen-bond acceptors (Lipinski definition) is 3. The highest BCUT2D eigenvalue weighted by molar-refractivity contribution is 6.00. The van der Waals surface area contributed by atoms with E-state index in [1.807, 2.05) is 0 Å². The molecular weight excluding hydrogens is 347 g/mol. The van der Waals surface area contributed by atoms with Crippen LogP contribution in [0.1, 0.15) is 25.0 Å². The summed E-state index contributed by atoms with van der Waals surface area (Å²) in [6, 6.07) is 11.0. The number of alkyl halides is 3. The quantitative estimate of drug-likeness (QED) is 0.733. The summed E-state index contributed by atoms with van der Waals surface area (Å²) in [5.74, 6) is -0.951. The van der Waals surface area contributed by atoms with E-state index in [9.17, 15) is 22.8 Å². The molecular formula is C19H18F3NO3. The number of esters is 1. The number of ether oxygens (including phenoxy) is 1. The van der Waals surface area contributed by atoms with E-state index in [-0.39, 0.29) is 18.7 Å². The first-order chi connectivity index (χ1) is 12.2. The van der Waals surface area contributed by atoms with E-state index in [2.05, 4.69) is 0 Å². The Morgan fingerprint density at radius 1 is 1.08 bits per heavy atom. The van der Waals surface area contributed by atoms with Crippen molar-refractivity contribution in [3.8, 4) is 0 Å². The molecule has 1 amide bonds. The highest BCUT2D eigenvalue weighted by Crippen LogP contribution is 2.35. The van der Waals surface area contributed by atoms with Crippen LogP contribution in [0.3, 0.4) is 0 Å². The Kier molecular flexibility index (Phi) is 6.02. The number of benzene rings is 2. The largest absolute Gasteiger partial charge is 0.466 e. The van der Waals surface area contributed by atoms with Crippen molar-refractivity contribution in [3.63, 3.8) is 0 Å². The molecule has 0 N–H and O–H groups in total. The van der Waals surface area contributed by atoms with Gasteiger partial charge in [-0.15, -0.1) is 0 Å². The number of hydrogen-bond donors (Lipinski definition) is 0. The van der Waals surface area contributed by atoms with Gasteiger partial charge in [0.05, 0.1) is 24.3 Å². The third-order valence-corrected chi connectivity index (χ3v) is 3.62. The molecule has 2 rings (SSSR count). The summed E-state index contributed by atoms with van der Waals surface area (Å²) in [5.41, 5.74) is 0.0405. The Hall–Kier alpha value is -2.83. The second kappa shape index (κ2) is 8.03.